The first kappa shape index (κ1) is 17.5. The number of benzene rings is 1. The summed E-state index contributed by atoms with van der Waals surface area (Å²) < 4.78 is 5.22. The molecule has 120 valence electrons. The first-order valence-corrected chi connectivity index (χ1v) is 6.87. The number of carboxylic acids is 1. The molecular weight excluding hydrogens is 288 g/mol. The molecule has 0 heterocycles. The molecule has 1 atom stereocenters. The largest absolute Gasteiger partial charge is 0.484 e. The van der Waals surface area contributed by atoms with Gasteiger partial charge in [-0.05, 0) is 18.1 Å². The topological polar surface area (TPSA) is 105 Å². The molecule has 0 bridgehead atoms. The Balaban J connectivity index is 2.31. The third-order valence-electron chi connectivity index (χ3n) is 2.81. The van der Waals surface area contributed by atoms with Gasteiger partial charge in [0.25, 0.3) is 5.91 Å². The summed E-state index contributed by atoms with van der Waals surface area (Å²) in [6, 6.07) is 7.81. The number of rotatable bonds is 8. The number of carbonyl (C=O) groups is 3. The van der Waals surface area contributed by atoms with E-state index < -0.39 is 23.8 Å². The van der Waals surface area contributed by atoms with Crippen molar-refractivity contribution in [2.45, 2.75) is 19.9 Å². The van der Waals surface area contributed by atoms with Crippen molar-refractivity contribution in [3.05, 3.63) is 30.3 Å². The SMILES string of the molecule is CC(C)[C@H](NC(=O)CNC(=O)COc1ccccc1)C(=O)O. The van der Waals surface area contributed by atoms with Crippen LogP contribution in [0.15, 0.2) is 30.3 Å². The highest BCUT2D eigenvalue weighted by Gasteiger charge is 2.23. The summed E-state index contributed by atoms with van der Waals surface area (Å²) in [6.07, 6.45) is 0. The van der Waals surface area contributed by atoms with E-state index in [1.807, 2.05) is 6.07 Å². The van der Waals surface area contributed by atoms with Gasteiger partial charge >= 0.3 is 5.97 Å². The van der Waals surface area contributed by atoms with Crippen molar-refractivity contribution in [3.8, 4) is 5.75 Å². The van der Waals surface area contributed by atoms with E-state index in [9.17, 15) is 14.4 Å². The summed E-state index contributed by atoms with van der Waals surface area (Å²) in [7, 11) is 0. The Labute approximate surface area is 128 Å². The van der Waals surface area contributed by atoms with Gasteiger partial charge in [0.2, 0.25) is 5.91 Å². The van der Waals surface area contributed by atoms with Crippen molar-refractivity contribution in [2.24, 2.45) is 5.92 Å². The minimum absolute atomic E-state index is 0.218. The molecular formula is C15H20N2O5. The monoisotopic (exact) mass is 308 g/mol. The molecule has 0 aliphatic rings. The van der Waals surface area contributed by atoms with Gasteiger partial charge in [-0.15, -0.1) is 0 Å². The number of hydrogen-bond acceptors (Lipinski definition) is 4. The second-order valence-electron chi connectivity index (χ2n) is 5.01. The van der Waals surface area contributed by atoms with E-state index in [4.69, 9.17) is 9.84 Å². The number of nitrogens with one attached hydrogen (secondary N) is 2. The zero-order valence-corrected chi connectivity index (χ0v) is 12.5. The molecule has 22 heavy (non-hydrogen) atoms. The van der Waals surface area contributed by atoms with Crippen molar-refractivity contribution in [2.75, 3.05) is 13.2 Å². The molecule has 0 aliphatic heterocycles. The number of aliphatic carboxylic acids is 1. The van der Waals surface area contributed by atoms with Gasteiger partial charge in [-0.25, -0.2) is 4.79 Å². The van der Waals surface area contributed by atoms with Gasteiger partial charge in [0.15, 0.2) is 6.61 Å². The van der Waals surface area contributed by atoms with Crippen LogP contribution < -0.4 is 15.4 Å². The van der Waals surface area contributed by atoms with Crippen molar-refractivity contribution in [3.63, 3.8) is 0 Å². The molecule has 0 saturated heterocycles. The van der Waals surface area contributed by atoms with Crippen molar-refractivity contribution in [1.82, 2.24) is 10.6 Å². The molecule has 1 rings (SSSR count). The van der Waals surface area contributed by atoms with Gasteiger partial charge in [0, 0.05) is 0 Å². The molecule has 0 aliphatic carbocycles. The van der Waals surface area contributed by atoms with E-state index in [-0.39, 0.29) is 19.1 Å². The molecule has 0 radical (unpaired) electrons. The van der Waals surface area contributed by atoms with Crippen LogP contribution in [-0.4, -0.2) is 42.1 Å². The number of carboxylic acid groups (broad SMARTS) is 1. The molecule has 0 spiro atoms. The predicted octanol–water partition coefficient (Wildman–Crippen LogP) is 0.407. The van der Waals surface area contributed by atoms with Crippen LogP contribution in [0.1, 0.15) is 13.8 Å². The van der Waals surface area contributed by atoms with Crippen LogP contribution in [0.2, 0.25) is 0 Å². The van der Waals surface area contributed by atoms with E-state index in [0.717, 1.165) is 0 Å². The van der Waals surface area contributed by atoms with Crippen LogP contribution in [0.5, 0.6) is 5.75 Å². The van der Waals surface area contributed by atoms with E-state index in [1.54, 1.807) is 38.1 Å². The summed E-state index contributed by atoms with van der Waals surface area (Å²) >= 11 is 0. The Morgan fingerprint density at radius 1 is 1.14 bits per heavy atom. The van der Waals surface area contributed by atoms with Crippen molar-refractivity contribution >= 4 is 17.8 Å². The lowest BCUT2D eigenvalue weighted by atomic mass is 10.1. The fourth-order valence-corrected chi connectivity index (χ4v) is 1.63. The minimum atomic E-state index is -1.11. The van der Waals surface area contributed by atoms with Crippen LogP contribution in [0, 0.1) is 5.92 Å². The number of para-hydroxylation sites is 1. The van der Waals surface area contributed by atoms with E-state index >= 15 is 0 Å². The fourth-order valence-electron chi connectivity index (χ4n) is 1.63. The highest BCUT2D eigenvalue weighted by Crippen LogP contribution is 2.07. The lowest BCUT2D eigenvalue weighted by Gasteiger charge is -2.18. The Bertz CT molecular complexity index is 516. The van der Waals surface area contributed by atoms with Crippen LogP contribution in [0.3, 0.4) is 0 Å². The maximum Gasteiger partial charge on any atom is 0.326 e. The third kappa shape index (κ3) is 6.25. The van der Waals surface area contributed by atoms with E-state index in [1.165, 1.54) is 0 Å². The molecule has 7 heteroatoms. The molecule has 0 saturated carbocycles. The average molecular weight is 308 g/mol. The number of carbonyl (C=O) groups excluding carboxylic acids is 2. The number of hydrogen-bond donors (Lipinski definition) is 3. The highest BCUT2D eigenvalue weighted by atomic mass is 16.5. The Hall–Kier alpha value is -2.57. The summed E-state index contributed by atoms with van der Waals surface area (Å²) in [4.78, 5) is 34.1. The predicted molar refractivity (Wildman–Crippen MR) is 79.4 cm³/mol. The zero-order valence-electron chi connectivity index (χ0n) is 12.5. The standard InChI is InChI=1S/C15H20N2O5/c1-10(2)14(15(20)21)17-12(18)8-16-13(19)9-22-11-6-4-3-5-7-11/h3-7,10,14H,8-9H2,1-2H3,(H,16,19)(H,17,18)(H,20,21)/t14-/m0/s1. The fraction of sp³-hybridized carbons (Fsp3) is 0.400. The first-order valence-electron chi connectivity index (χ1n) is 6.87. The van der Waals surface area contributed by atoms with Crippen LogP contribution in [0.25, 0.3) is 0 Å². The van der Waals surface area contributed by atoms with Crippen LogP contribution >= 0.6 is 0 Å². The average Bonchev–Trinajstić information content (AvgIpc) is 2.49. The van der Waals surface area contributed by atoms with E-state index in [0.29, 0.717) is 5.75 Å². The summed E-state index contributed by atoms with van der Waals surface area (Å²) in [6.45, 7) is 2.86. The molecule has 1 aromatic rings. The molecule has 0 unspecified atom stereocenters. The molecule has 3 N–H and O–H groups in total. The quantitative estimate of drug-likeness (QED) is 0.645. The van der Waals surface area contributed by atoms with E-state index in [2.05, 4.69) is 10.6 Å². The second kappa shape index (κ2) is 8.66. The Morgan fingerprint density at radius 2 is 1.77 bits per heavy atom. The Kier molecular flexibility index (Phi) is 6.88. The second-order valence-corrected chi connectivity index (χ2v) is 5.01. The van der Waals surface area contributed by atoms with Gasteiger partial charge < -0.3 is 20.5 Å². The maximum absolute atomic E-state index is 11.6. The van der Waals surface area contributed by atoms with Gasteiger partial charge in [-0.1, -0.05) is 32.0 Å². The smallest absolute Gasteiger partial charge is 0.326 e. The number of amides is 2. The van der Waals surface area contributed by atoms with Crippen molar-refractivity contribution in [1.29, 1.82) is 0 Å². The molecule has 7 nitrogen and oxygen atoms in total. The molecule has 2 amide bonds. The third-order valence-corrected chi connectivity index (χ3v) is 2.81. The maximum atomic E-state index is 11.6. The summed E-state index contributed by atoms with van der Waals surface area (Å²) in [5.74, 6) is -1.84. The van der Waals surface area contributed by atoms with Gasteiger partial charge in [-0.3, -0.25) is 9.59 Å². The lowest BCUT2D eigenvalue weighted by Crippen LogP contribution is -2.48. The number of ether oxygens (including phenoxy) is 1. The first-order chi connectivity index (χ1) is 10.4. The normalized spacial score (nSPS) is 11.6. The molecule has 1 aromatic carbocycles. The lowest BCUT2D eigenvalue weighted by molar-refractivity contribution is -0.143. The Morgan fingerprint density at radius 3 is 2.32 bits per heavy atom. The summed E-state index contributed by atoms with van der Waals surface area (Å²) in [5, 5.41) is 13.7. The van der Waals surface area contributed by atoms with Crippen LogP contribution in [-0.2, 0) is 14.4 Å². The minimum Gasteiger partial charge on any atom is -0.484 e. The van der Waals surface area contributed by atoms with Crippen LogP contribution in [0.4, 0.5) is 0 Å². The molecule has 0 fully saturated rings. The zero-order chi connectivity index (χ0) is 16.5. The molecule has 0 aromatic heterocycles. The van der Waals surface area contributed by atoms with Crippen molar-refractivity contribution < 1.29 is 24.2 Å². The highest BCUT2D eigenvalue weighted by molar-refractivity contribution is 5.88. The van der Waals surface area contributed by atoms with Gasteiger partial charge in [0.05, 0.1) is 6.54 Å². The van der Waals surface area contributed by atoms with Gasteiger partial charge in [0.1, 0.15) is 11.8 Å². The van der Waals surface area contributed by atoms with Gasteiger partial charge in [-0.2, -0.15) is 0 Å². The summed E-state index contributed by atoms with van der Waals surface area (Å²) in [5.41, 5.74) is 0.